The summed E-state index contributed by atoms with van der Waals surface area (Å²) in [5.74, 6) is -4.45. The molecule has 1 atom stereocenters. The van der Waals surface area contributed by atoms with Gasteiger partial charge in [0.1, 0.15) is 6.07 Å². The van der Waals surface area contributed by atoms with Crippen molar-refractivity contribution < 1.29 is 18.4 Å². The molecular formula is C32H28ClF2N5O2. The summed E-state index contributed by atoms with van der Waals surface area (Å²) in [6.07, 6.45) is 3.28. The van der Waals surface area contributed by atoms with Crippen LogP contribution >= 0.6 is 11.6 Å². The Hall–Kier alpha value is -4.13. The fourth-order valence-corrected chi connectivity index (χ4v) is 6.33. The summed E-state index contributed by atoms with van der Waals surface area (Å²) in [5.41, 5.74) is 0.985. The van der Waals surface area contributed by atoms with Gasteiger partial charge < -0.3 is 10.2 Å². The Balaban J connectivity index is 1.24. The monoisotopic (exact) mass is 587 g/mol. The van der Waals surface area contributed by atoms with E-state index in [-0.39, 0.29) is 0 Å². The lowest BCUT2D eigenvalue weighted by molar-refractivity contribution is -0.139. The maximum Gasteiger partial charge on any atom is 0.270 e. The zero-order valence-electron chi connectivity index (χ0n) is 22.7. The summed E-state index contributed by atoms with van der Waals surface area (Å²) < 4.78 is 29.3. The Labute approximate surface area is 246 Å². The molecule has 6 rings (SSSR count). The van der Waals surface area contributed by atoms with E-state index < -0.39 is 42.9 Å². The van der Waals surface area contributed by atoms with Gasteiger partial charge in [-0.1, -0.05) is 42.3 Å². The van der Waals surface area contributed by atoms with Gasteiger partial charge in [-0.05, 0) is 71.1 Å². The van der Waals surface area contributed by atoms with Gasteiger partial charge in [-0.2, -0.15) is 5.26 Å². The van der Waals surface area contributed by atoms with E-state index in [9.17, 15) is 23.6 Å². The van der Waals surface area contributed by atoms with E-state index in [0.29, 0.717) is 34.6 Å². The molecule has 0 aliphatic carbocycles. The molecule has 42 heavy (non-hydrogen) atoms. The molecule has 1 N–H and O–H groups in total. The van der Waals surface area contributed by atoms with Gasteiger partial charge in [0.2, 0.25) is 5.91 Å². The highest BCUT2D eigenvalue weighted by atomic mass is 35.5. The van der Waals surface area contributed by atoms with Gasteiger partial charge in [-0.25, -0.2) is 8.78 Å². The fraction of sp³-hybridized carbons (Fsp3) is 0.312. The summed E-state index contributed by atoms with van der Waals surface area (Å²) in [7, 11) is 0. The van der Waals surface area contributed by atoms with Crippen molar-refractivity contribution in [3.05, 3.63) is 77.4 Å². The van der Waals surface area contributed by atoms with Crippen LogP contribution in [0.15, 0.2) is 66.9 Å². The lowest BCUT2D eigenvalue weighted by Gasteiger charge is -2.43. The second-order valence-corrected chi connectivity index (χ2v) is 11.4. The van der Waals surface area contributed by atoms with E-state index in [2.05, 4.69) is 10.3 Å². The molecule has 3 aromatic carbocycles. The number of nitrogens with one attached hydrogen (secondary N) is 1. The van der Waals surface area contributed by atoms with Crippen molar-refractivity contribution in [3.63, 3.8) is 0 Å². The molecule has 1 unspecified atom stereocenters. The van der Waals surface area contributed by atoms with Gasteiger partial charge in [0.05, 0.1) is 30.6 Å². The zero-order valence-corrected chi connectivity index (χ0v) is 23.5. The van der Waals surface area contributed by atoms with Crippen LogP contribution in [-0.2, 0) is 4.79 Å². The highest BCUT2D eigenvalue weighted by Crippen LogP contribution is 2.42. The molecule has 0 bridgehead atoms. The second-order valence-electron chi connectivity index (χ2n) is 11.0. The van der Waals surface area contributed by atoms with Gasteiger partial charge in [0, 0.05) is 29.7 Å². The number of nitrogens with zero attached hydrogens (tertiary/aromatic N) is 4. The average Bonchev–Trinajstić information content (AvgIpc) is 3.31. The zero-order chi connectivity index (χ0) is 29.5. The standard InChI is InChI=1S/C32H28ClF2N5O2/c33-25-8-6-22-14-21(4-5-23(22)15-25)24-7-9-28-27(16-24)26(10-11-37-28)30(42)38-17-29(41)40-20-31(34,35)18-32(40,19-36)39-12-2-1-3-13-39/h4-11,14-16H,1-3,12-13,17-18,20H2,(H,38,42). The molecule has 4 aromatic rings. The molecule has 2 fully saturated rings. The van der Waals surface area contributed by atoms with Crippen LogP contribution in [0.5, 0.6) is 0 Å². The molecule has 0 spiro atoms. The third-order valence-corrected chi connectivity index (χ3v) is 8.46. The van der Waals surface area contributed by atoms with Gasteiger partial charge in [0.25, 0.3) is 11.8 Å². The predicted molar refractivity (Wildman–Crippen MR) is 157 cm³/mol. The Morgan fingerprint density at radius 3 is 2.48 bits per heavy atom. The van der Waals surface area contributed by atoms with Crippen molar-refractivity contribution in [3.8, 4) is 17.2 Å². The van der Waals surface area contributed by atoms with E-state index >= 15 is 0 Å². The summed E-state index contributed by atoms with van der Waals surface area (Å²) in [5, 5.41) is 15.9. The molecule has 1 aromatic heterocycles. The van der Waals surface area contributed by atoms with E-state index in [1.807, 2.05) is 60.7 Å². The van der Waals surface area contributed by atoms with Crippen molar-refractivity contribution in [1.82, 2.24) is 20.1 Å². The van der Waals surface area contributed by atoms with E-state index in [0.717, 1.165) is 46.1 Å². The van der Waals surface area contributed by atoms with Crippen molar-refractivity contribution in [2.24, 2.45) is 0 Å². The number of aromatic nitrogens is 1. The quantitative estimate of drug-likeness (QED) is 0.309. The highest BCUT2D eigenvalue weighted by Gasteiger charge is 2.60. The van der Waals surface area contributed by atoms with Crippen molar-refractivity contribution >= 4 is 45.1 Å². The first-order chi connectivity index (χ1) is 20.2. The summed E-state index contributed by atoms with van der Waals surface area (Å²) in [4.78, 5) is 33.7. The van der Waals surface area contributed by atoms with Crippen LogP contribution in [0.2, 0.25) is 5.02 Å². The molecule has 2 amide bonds. The highest BCUT2D eigenvalue weighted by molar-refractivity contribution is 6.31. The number of hydrogen-bond donors (Lipinski definition) is 1. The molecule has 0 radical (unpaired) electrons. The van der Waals surface area contributed by atoms with Gasteiger partial charge in [-0.15, -0.1) is 0 Å². The third kappa shape index (κ3) is 5.17. The minimum atomic E-state index is -3.19. The number of hydrogen-bond acceptors (Lipinski definition) is 5. The largest absolute Gasteiger partial charge is 0.343 e. The second kappa shape index (κ2) is 10.9. The molecule has 214 valence electrons. The van der Waals surface area contributed by atoms with Crippen LogP contribution < -0.4 is 5.32 Å². The first-order valence-electron chi connectivity index (χ1n) is 13.9. The van der Waals surface area contributed by atoms with E-state index in [4.69, 9.17) is 11.6 Å². The topological polar surface area (TPSA) is 89.3 Å². The number of fused-ring (bicyclic) bond motifs is 2. The number of amides is 2. The minimum absolute atomic E-state index is 0.302. The summed E-state index contributed by atoms with van der Waals surface area (Å²) >= 11 is 6.12. The molecule has 10 heteroatoms. The summed E-state index contributed by atoms with van der Waals surface area (Å²) in [6.45, 7) is -0.430. The van der Waals surface area contributed by atoms with Crippen LogP contribution in [0.25, 0.3) is 32.8 Å². The van der Waals surface area contributed by atoms with Gasteiger partial charge in [0.15, 0.2) is 5.66 Å². The number of alkyl halides is 2. The van der Waals surface area contributed by atoms with Crippen molar-refractivity contribution in [2.75, 3.05) is 26.2 Å². The fourth-order valence-electron chi connectivity index (χ4n) is 6.15. The number of carbonyl (C=O) groups is 2. The van der Waals surface area contributed by atoms with E-state index in [1.165, 1.54) is 6.20 Å². The maximum atomic E-state index is 14.6. The Morgan fingerprint density at radius 1 is 0.976 bits per heavy atom. The predicted octanol–water partition coefficient (Wildman–Crippen LogP) is 6.01. The van der Waals surface area contributed by atoms with Crippen molar-refractivity contribution in [1.29, 1.82) is 5.26 Å². The van der Waals surface area contributed by atoms with Gasteiger partial charge in [-0.3, -0.25) is 19.5 Å². The normalized spacial score (nSPS) is 20.5. The first kappa shape index (κ1) is 28.0. The Morgan fingerprint density at radius 2 is 1.69 bits per heavy atom. The van der Waals surface area contributed by atoms with Crippen LogP contribution in [0, 0.1) is 11.3 Å². The van der Waals surface area contributed by atoms with Crippen LogP contribution in [0.1, 0.15) is 36.0 Å². The number of likely N-dealkylation sites (tertiary alicyclic amines) is 2. The molecule has 7 nitrogen and oxygen atoms in total. The molecule has 2 aliphatic rings. The van der Waals surface area contributed by atoms with Crippen LogP contribution in [0.4, 0.5) is 8.78 Å². The molecular weight excluding hydrogens is 560 g/mol. The number of nitriles is 1. The van der Waals surface area contributed by atoms with Crippen molar-refractivity contribution in [2.45, 2.75) is 37.3 Å². The third-order valence-electron chi connectivity index (χ3n) is 8.22. The molecule has 2 saturated heterocycles. The number of carbonyl (C=O) groups excluding carboxylic acids is 2. The Bertz CT molecular complexity index is 1750. The van der Waals surface area contributed by atoms with Crippen LogP contribution in [0.3, 0.4) is 0 Å². The first-order valence-corrected chi connectivity index (χ1v) is 14.3. The summed E-state index contributed by atoms with van der Waals surface area (Å²) in [6, 6.07) is 20.9. The lowest BCUT2D eigenvalue weighted by atomic mass is 9.98. The van der Waals surface area contributed by atoms with Crippen LogP contribution in [-0.4, -0.2) is 64.4 Å². The smallest absolute Gasteiger partial charge is 0.270 e. The SMILES string of the molecule is N#CC1(N2CCCCC2)CC(F)(F)CN1C(=O)CNC(=O)c1ccnc2ccc(-c3ccc4cc(Cl)ccc4c3)cc12. The average molecular weight is 588 g/mol. The number of piperidine rings is 1. The molecule has 0 saturated carbocycles. The number of pyridine rings is 1. The minimum Gasteiger partial charge on any atom is -0.343 e. The molecule has 3 heterocycles. The maximum absolute atomic E-state index is 14.6. The number of benzene rings is 3. The number of halogens is 3. The molecule has 2 aliphatic heterocycles. The Kier molecular flexibility index (Phi) is 7.29. The van der Waals surface area contributed by atoms with E-state index in [1.54, 1.807) is 11.0 Å². The number of rotatable bonds is 5. The van der Waals surface area contributed by atoms with Gasteiger partial charge >= 0.3 is 0 Å². The lowest BCUT2D eigenvalue weighted by Crippen LogP contribution is -2.60.